The van der Waals surface area contributed by atoms with Gasteiger partial charge < -0.3 is 15.1 Å². The molecule has 0 aliphatic carbocycles. The Morgan fingerprint density at radius 3 is 2.21 bits per heavy atom. The van der Waals surface area contributed by atoms with Crippen LogP contribution in [0.3, 0.4) is 0 Å². The number of hydrogen-bond acceptors (Lipinski definition) is 2. The molecule has 0 saturated carbocycles. The first-order valence-corrected chi connectivity index (χ1v) is 10.3. The van der Waals surface area contributed by atoms with E-state index in [0.29, 0.717) is 6.42 Å². The summed E-state index contributed by atoms with van der Waals surface area (Å²) < 4.78 is 0. The first-order chi connectivity index (χ1) is 14.2. The van der Waals surface area contributed by atoms with Gasteiger partial charge in [0.05, 0.1) is 51.0 Å². The number of nitrogens with zero attached hydrogens (tertiary/aromatic N) is 1. The molecule has 1 aliphatic heterocycles. The van der Waals surface area contributed by atoms with E-state index in [1.165, 1.54) is 5.56 Å². The third-order valence-electron chi connectivity index (χ3n) is 5.56. The van der Waals surface area contributed by atoms with E-state index in [2.05, 4.69) is 47.6 Å². The van der Waals surface area contributed by atoms with Gasteiger partial charge in [-0.1, -0.05) is 66.7 Å². The van der Waals surface area contributed by atoms with E-state index >= 15 is 0 Å². The highest BCUT2D eigenvalue weighted by atomic mass is 16.1. The zero-order chi connectivity index (χ0) is 20.1. The van der Waals surface area contributed by atoms with Gasteiger partial charge in [-0.25, -0.2) is 0 Å². The summed E-state index contributed by atoms with van der Waals surface area (Å²) >= 11 is 0. The van der Waals surface area contributed by atoms with Crippen molar-refractivity contribution in [2.75, 3.05) is 43.4 Å². The quantitative estimate of drug-likeness (QED) is 0.708. The van der Waals surface area contributed by atoms with Gasteiger partial charge in [-0.15, -0.1) is 0 Å². The number of carbonyl (C=O) groups is 1. The largest absolute Gasteiger partial charge is 0.359 e. The predicted molar refractivity (Wildman–Crippen MR) is 119 cm³/mol. The monoisotopic (exact) mass is 386 g/mol. The molecule has 4 heteroatoms. The lowest BCUT2D eigenvalue weighted by Crippen LogP contribution is -3.12. The predicted octanol–water partition coefficient (Wildman–Crippen LogP) is 2.87. The van der Waals surface area contributed by atoms with Crippen molar-refractivity contribution >= 4 is 17.3 Å². The van der Waals surface area contributed by atoms with Gasteiger partial charge in [0.25, 0.3) is 0 Å². The molecule has 0 aromatic heterocycles. The standard InChI is InChI=1S/C25H27N3O/c1-27-15-17-28(18-16-27)24-10-6-5-9-23(24)26-25(29)19-20-11-13-22(14-12-20)21-7-3-2-4-8-21/h2-14H,15-19H2,1H3,(H,26,29)/p+1. The third kappa shape index (κ3) is 4.84. The van der Waals surface area contributed by atoms with E-state index in [-0.39, 0.29) is 5.91 Å². The second-order valence-corrected chi connectivity index (χ2v) is 7.75. The lowest BCUT2D eigenvalue weighted by Gasteiger charge is -2.33. The number of carbonyl (C=O) groups excluding carboxylic acids is 1. The Hall–Kier alpha value is -3.11. The van der Waals surface area contributed by atoms with Crippen molar-refractivity contribution in [2.45, 2.75) is 6.42 Å². The zero-order valence-electron chi connectivity index (χ0n) is 16.9. The van der Waals surface area contributed by atoms with Crippen LogP contribution in [-0.4, -0.2) is 39.1 Å². The van der Waals surface area contributed by atoms with Crippen molar-refractivity contribution in [3.63, 3.8) is 0 Å². The molecule has 0 spiro atoms. The Bertz CT molecular complexity index is 945. The molecule has 1 amide bonds. The molecule has 3 aromatic rings. The number of nitrogens with one attached hydrogen (secondary N) is 2. The molecule has 148 valence electrons. The number of amides is 1. The zero-order valence-corrected chi connectivity index (χ0v) is 16.9. The van der Waals surface area contributed by atoms with Crippen LogP contribution in [0.1, 0.15) is 5.56 Å². The summed E-state index contributed by atoms with van der Waals surface area (Å²) in [5.74, 6) is 0.0182. The number of hydrogen-bond donors (Lipinski definition) is 2. The van der Waals surface area contributed by atoms with Crippen molar-refractivity contribution in [2.24, 2.45) is 0 Å². The van der Waals surface area contributed by atoms with Crippen LogP contribution in [0.15, 0.2) is 78.9 Å². The van der Waals surface area contributed by atoms with Crippen LogP contribution < -0.4 is 15.1 Å². The molecule has 3 aromatic carbocycles. The van der Waals surface area contributed by atoms with E-state index in [1.54, 1.807) is 4.90 Å². The second-order valence-electron chi connectivity index (χ2n) is 7.75. The molecule has 4 rings (SSSR count). The fourth-order valence-corrected chi connectivity index (χ4v) is 3.81. The Morgan fingerprint density at radius 2 is 1.48 bits per heavy atom. The minimum atomic E-state index is 0.0182. The van der Waals surface area contributed by atoms with Crippen LogP contribution in [0, 0.1) is 0 Å². The Labute approximate surface area is 172 Å². The van der Waals surface area contributed by atoms with Gasteiger partial charge in [-0.05, 0) is 28.8 Å². The minimum absolute atomic E-state index is 0.0182. The molecular formula is C25H28N3O+. The fraction of sp³-hybridized carbons (Fsp3) is 0.240. The fourth-order valence-electron chi connectivity index (χ4n) is 3.81. The number of quaternary nitrogens is 1. The molecule has 0 atom stereocenters. The van der Waals surface area contributed by atoms with Crippen molar-refractivity contribution in [3.8, 4) is 11.1 Å². The smallest absolute Gasteiger partial charge is 0.228 e. The van der Waals surface area contributed by atoms with Crippen LogP contribution in [0.2, 0.25) is 0 Å². The minimum Gasteiger partial charge on any atom is -0.359 e. The maximum absolute atomic E-state index is 12.7. The van der Waals surface area contributed by atoms with E-state index in [4.69, 9.17) is 0 Å². The van der Waals surface area contributed by atoms with E-state index in [9.17, 15) is 4.79 Å². The number of rotatable bonds is 5. The van der Waals surface area contributed by atoms with Crippen molar-refractivity contribution in [3.05, 3.63) is 84.4 Å². The van der Waals surface area contributed by atoms with E-state index < -0.39 is 0 Å². The molecule has 1 heterocycles. The highest BCUT2D eigenvalue weighted by Crippen LogP contribution is 2.26. The Balaban J connectivity index is 1.41. The van der Waals surface area contributed by atoms with Gasteiger partial charge in [0.15, 0.2) is 0 Å². The molecule has 0 radical (unpaired) electrons. The van der Waals surface area contributed by atoms with Crippen LogP contribution in [0.5, 0.6) is 0 Å². The molecule has 1 fully saturated rings. The first-order valence-electron chi connectivity index (χ1n) is 10.3. The summed E-state index contributed by atoms with van der Waals surface area (Å²) in [6, 6.07) is 26.6. The van der Waals surface area contributed by atoms with E-state index in [0.717, 1.165) is 48.7 Å². The number of benzene rings is 3. The van der Waals surface area contributed by atoms with Gasteiger partial charge in [-0.2, -0.15) is 0 Å². The topological polar surface area (TPSA) is 36.8 Å². The maximum Gasteiger partial charge on any atom is 0.228 e. The highest BCUT2D eigenvalue weighted by molar-refractivity contribution is 5.95. The summed E-state index contributed by atoms with van der Waals surface area (Å²) in [7, 11) is 2.23. The van der Waals surface area contributed by atoms with Gasteiger partial charge in [0, 0.05) is 0 Å². The van der Waals surface area contributed by atoms with Crippen LogP contribution in [0.4, 0.5) is 11.4 Å². The Morgan fingerprint density at radius 1 is 0.862 bits per heavy atom. The molecule has 29 heavy (non-hydrogen) atoms. The summed E-state index contributed by atoms with van der Waals surface area (Å²) in [4.78, 5) is 16.6. The molecule has 2 N–H and O–H groups in total. The van der Waals surface area contributed by atoms with Crippen molar-refractivity contribution < 1.29 is 9.69 Å². The van der Waals surface area contributed by atoms with Gasteiger partial charge in [-0.3, -0.25) is 4.79 Å². The Kier molecular flexibility index (Phi) is 5.92. The highest BCUT2D eigenvalue weighted by Gasteiger charge is 2.19. The number of anilines is 2. The molecule has 1 aliphatic rings. The van der Waals surface area contributed by atoms with Crippen molar-refractivity contribution in [1.82, 2.24) is 0 Å². The lowest BCUT2D eigenvalue weighted by molar-refractivity contribution is -0.880. The average Bonchev–Trinajstić information content (AvgIpc) is 2.76. The normalized spacial score (nSPS) is 14.6. The van der Waals surface area contributed by atoms with Crippen LogP contribution in [-0.2, 0) is 11.2 Å². The first kappa shape index (κ1) is 19.2. The van der Waals surface area contributed by atoms with Crippen molar-refractivity contribution in [1.29, 1.82) is 0 Å². The number of likely N-dealkylation sites (N-methyl/N-ethyl adjacent to an activating group) is 1. The number of piperazine rings is 1. The summed E-state index contributed by atoms with van der Waals surface area (Å²) in [5, 5.41) is 3.13. The van der Waals surface area contributed by atoms with Gasteiger partial charge in [0.1, 0.15) is 0 Å². The number of para-hydroxylation sites is 2. The summed E-state index contributed by atoms with van der Waals surface area (Å²) in [6.07, 6.45) is 0.371. The third-order valence-corrected chi connectivity index (χ3v) is 5.56. The SMILES string of the molecule is C[NH+]1CCN(c2ccccc2NC(=O)Cc2ccc(-c3ccccc3)cc2)CC1. The second kappa shape index (κ2) is 8.93. The average molecular weight is 387 g/mol. The molecule has 0 bridgehead atoms. The van der Waals surface area contributed by atoms with Crippen LogP contribution >= 0.6 is 0 Å². The maximum atomic E-state index is 12.7. The molecule has 4 nitrogen and oxygen atoms in total. The summed E-state index contributed by atoms with van der Waals surface area (Å²) in [5.41, 5.74) is 5.39. The van der Waals surface area contributed by atoms with Gasteiger partial charge in [0.2, 0.25) is 5.91 Å². The molecule has 1 saturated heterocycles. The summed E-state index contributed by atoms with van der Waals surface area (Å²) in [6.45, 7) is 4.27. The van der Waals surface area contributed by atoms with Gasteiger partial charge >= 0.3 is 0 Å². The van der Waals surface area contributed by atoms with E-state index in [1.807, 2.05) is 48.5 Å². The molecule has 0 unspecified atom stereocenters. The lowest BCUT2D eigenvalue weighted by atomic mass is 10.0. The van der Waals surface area contributed by atoms with Crippen LogP contribution in [0.25, 0.3) is 11.1 Å². The molecular weight excluding hydrogens is 358 g/mol.